The number of rotatable bonds is 11. The normalized spacial score (nSPS) is 14.6. The monoisotopic (exact) mass is 476 g/mol. The van der Waals surface area contributed by atoms with Crippen molar-refractivity contribution >= 4 is 15.9 Å². The van der Waals surface area contributed by atoms with Crippen molar-refractivity contribution in [3.63, 3.8) is 0 Å². The molecular weight excluding hydrogens is 444 g/mol. The molecule has 0 aliphatic carbocycles. The van der Waals surface area contributed by atoms with Crippen molar-refractivity contribution in [2.24, 2.45) is 0 Å². The Labute approximate surface area is 188 Å². The van der Waals surface area contributed by atoms with Gasteiger partial charge < -0.3 is 19.5 Å². The second-order valence-corrected chi connectivity index (χ2v) is 8.45. The van der Waals surface area contributed by atoms with E-state index in [9.17, 15) is 0 Å². The van der Waals surface area contributed by atoms with Crippen LogP contribution in [0.15, 0.2) is 40.9 Å². The van der Waals surface area contributed by atoms with Crippen LogP contribution >= 0.6 is 15.9 Å². The zero-order chi connectivity index (χ0) is 21.2. The van der Waals surface area contributed by atoms with E-state index >= 15 is 0 Å². The molecule has 1 aliphatic heterocycles. The summed E-state index contributed by atoms with van der Waals surface area (Å²) in [5.74, 6) is 1.54. The van der Waals surface area contributed by atoms with E-state index in [-0.39, 0.29) is 0 Å². The van der Waals surface area contributed by atoms with Crippen LogP contribution in [0.1, 0.15) is 30.0 Å². The maximum absolute atomic E-state index is 6.12. The predicted octanol–water partition coefficient (Wildman–Crippen LogP) is 4.55. The lowest BCUT2D eigenvalue weighted by Crippen LogP contribution is -2.37. The van der Waals surface area contributed by atoms with Gasteiger partial charge in [-0.2, -0.15) is 0 Å². The minimum atomic E-state index is 0.513. The van der Waals surface area contributed by atoms with Crippen LogP contribution in [0.4, 0.5) is 0 Å². The van der Waals surface area contributed by atoms with Crippen LogP contribution in [-0.4, -0.2) is 50.9 Å². The van der Waals surface area contributed by atoms with Crippen LogP contribution in [0.2, 0.25) is 0 Å². The lowest BCUT2D eigenvalue weighted by molar-refractivity contribution is 0.0374. The Hall–Kier alpha value is -1.60. The third-order valence-corrected chi connectivity index (χ3v) is 5.68. The molecule has 1 saturated heterocycles. The van der Waals surface area contributed by atoms with E-state index in [1.54, 1.807) is 0 Å². The van der Waals surface area contributed by atoms with Gasteiger partial charge in [-0.15, -0.1) is 0 Å². The van der Waals surface area contributed by atoms with E-state index in [4.69, 9.17) is 14.2 Å². The standard InChI is InChI=1S/C24H33BrN2O3/c1-3-29-23-16-21(17-26-8-5-9-27-10-12-28-13-11-27)15-22(25)24(23)30-18-20-7-4-6-19(2)14-20/h4,6-7,14-16,26H,3,5,8-13,17-18H2,1-2H3. The Bertz CT molecular complexity index is 794. The smallest absolute Gasteiger partial charge is 0.175 e. The fourth-order valence-corrected chi connectivity index (χ4v) is 4.17. The summed E-state index contributed by atoms with van der Waals surface area (Å²) in [5, 5.41) is 3.55. The van der Waals surface area contributed by atoms with Crippen LogP contribution < -0.4 is 14.8 Å². The van der Waals surface area contributed by atoms with Gasteiger partial charge in [0.2, 0.25) is 0 Å². The Morgan fingerprint density at radius 3 is 2.70 bits per heavy atom. The summed E-state index contributed by atoms with van der Waals surface area (Å²) in [4.78, 5) is 2.47. The summed E-state index contributed by atoms with van der Waals surface area (Å²) in [6, 6.07) is 12.6. The van der Waals surface area contributed by atoms with Gasteiger partial charge in [-0.3, -0.25) is 4.90 Å². The van der Waals surface area contributed by atoms with Gasteiger partial charge in [0, 0.05) is 19.6 Å². The van der Waals surface area contributed by atoms with Crippen LogP contribution in [0, 0.1) is 6.92 Å². The lowest BCUT2D eigenvalue weighted by Gasteiger charge is -2.26. The van der Waals surface area contributed by atoms with Gasteiger partial charge in [0.15, 0.2) is 11.5 Å². The highest BCUT2D eigenvalue weighted by Gasteiger charge is 2.13. The molecule has 0 atom stereocenters. The van der Waals surface area contributed by atoms with Gasteiger partial charge in [0.1, 0.15) is 6.61 Å². The number of halogens is 1. The Morgan fingerprint density at radius 1 is 1.10 bits per heavy atom. The van der Waals surface area contributed by atoms with Gasteiger partial charge in [0.05, 0.1) is 24.3 Å². The molecule has 1 N–H and O–H groups in total. The van der Waals surface area contributed by atoms with Crippen molar-refractivity contribution in [1.29, 1.82) is 0 Å². The number of aryl methyl sites for hydroxylation is 1. The van der Waals surface area contributed by atoms with E-state index in [0.717, 1.165) is 73.9 Å². The number of hydrogen-bond donors (Lipinski definition) is 1. The fraction of sp³-hybridized carbons (Fsp3) is 0.500. The molecule has 0 aromatic heterocycles. The minimum absolute atomic E-state index is 0.513. The van der Waals surface area contributed by atoms with Crippen molar-refractivity contribution in [3.8, 4) is 11.5 Å². The summed E-state index contributed by atoms with van der Waals surface area (Å²) < 4.78 is 18.3. The number of hydrogen-bond acceptors (Lipinski definition) is 5. The van der Waals surface area contributed by atoms with Crippen LogP contribution in [0.25, 0.3) is 0 Å². The summed E-state index contributed by atoms with van der Waals surface area (Å²) >= 11 is 3.68. The molecule has 1 fully saturated rings. The molecule has 30 heavy (non-hydrogen) atoms. The van der Waals surface area contributed by atoms with Gasteiger partial charge >= 0.3 is 0 Å². The topological polar surface area (TPSA) is 43.0 Å². The molecule has 0 spiro atoms. The molecule has 3 rings (SSSR count). The summed E-state index contributed by atoms with van der Waals surface area (Å²) in [7, 11) is 0. The quantitative estimate of drug-likeness (QED) is 0.482. The Balaban J connectivity index is 1.52. The first-order chi connectivity index (χ1) is 14.7. The SMILES string of the molecule is CCOc1cc(CNCCCN2CCOCC2)cc(Br)c1OCc1cccc(C)c1. The van der Waals surface area contributed by atoms with Crippen molar-refractivity contribution in [2.75, 3.05) is 46.0 Å². The zero-order valence-corrected chi connectivity index (χ0v) is 19.7. The maximum Gasteiger partial charge on any atom is 0.175 e. The largest absolute Gasteiger partial charge is 0.490 e. The van der Waals surface area contributed by atoms with Crippen molar-refractivity contribution < 1.29 is 14.2 Å². The highest BCUT2D eigenvalue weighted by atomic mass is 79.9. The highest BCUT2D eigenvalue weighted by Crippen LogP contribution is 2.37. The van der Waals surface area contributed by atoms with Crippen LogP contribution in [0.3, 0.4) is 0 Å². The lowest BCUT2D eigenvalue weighted by atomic mass is 10.1. The van der Waals surface area contributed by atoms with Crippen LogP contribution in [0.5, 0.6) is 11.5 Å². The second kappa shape index (κ2) is 12.3. The van der Waals surface area contributed by atoms with E-state index in [0.29, 0.717) is 13.2 Å². The molecular formula is C24H33BrN2O3. The first kappa shape index (κ1) is 23.1. The molecule has 2 aromatic rings. The number of ether oxygens (including phenoxy) is 3. The molecule has 164 valence electrons. The van der Waals surface area contributed by atoms with Gasteiger partial charge in [-0.1, -0.05) is 29.8 Å². The average Bonchev–Trinajstić information content (AvgIpc) is 2.74. The van der Waals surface area contributed by atoms with Gasteiger partial charge in [-0.05, 0) is 72.5 Å². The third kappa shape index (κ3) is 7.27. The molecule has 6 heteroatoms. The van der Waals surface area contributed by atoms with Crippen molar-refractivity contribution in [2.45, 2.75) is 33.4 Å². The van der Waals surface area contributed by atoms with Crippen LogP contribution in [-0.2, 0) is 17.9 Å². The summed E-state index contributed by atoms with van der Waals surface area (Å²) in [6.07, 6.45) is 1.14. The van der Waals surface area contributed by atoms with Gasteiger partial charge in [-0.25, -0.2) is 0 Å². The number of benzene rings is 2. The molecule has 0 unspecified atom stereocenters. The number of morpholine rings is 1. The van der Waals surface area contributed by atoms with E-state index in [1.807, 2.05) is 6.92 Å². The fourth-order valence-electron chi connectivity index (χ4n) is 3.57. The Kier molecular flexibility index (Phi) is 9.46. The zero-order valence-electron chi connectivity index (χ0n) is 18.1. The highest BCUT2D eigenvalue weighted by molar-refractivity contribution is 9.10. The van der Waals surface area contributed by atoms with Crippen molar-refractivity contribution in [3.05, 3.63) is 57.6 Å². The molecule has 0 bridgehead atoms. The van der Waals surface area contributed by atoms with E-state index in [1.165, 1.54) is 11.1 Å². The van der Waals surface area contributed by atoms with E-state index in [2.05, 4.69) is 69.5 Å². The summed E-state index contributed by atoms with van der Waals surface area (Å²) in [5.41, 5.74) is 3.56. The molecule has 0 saturated carbocycles. The van der Waals surface area contributed by atoms with Gasteiger partial charge in [0.25, 0.3) is 0 Å². The average molecular weight is 477 g/mol. The first-order valence-corrected chi connectivity index (χ1v) is 11.6. The maximum atomic E-state index is 6.12. The third-order valence-electron chi connectivity index (χ3n) is 5.10. The second-order valence-electron chi connectivity index (χ2n) is 7.60. The first-order valence-electron chi connectivity index (χ1n) is 10.8. The summed E-state index contributed by atoms with van der Waals surface area (Å²) in [6.45, 7) is 11.9. The molecule has 5 nitrogen and oxygen atoms in total. The van der Waals surface area contributed by atoms with E-state index < -0.39 is 0 Å². The number of nitrogens with zero attached hydrogens (tertiary/aromatic N) is 1. The molecule has 0 amide bonds. The number of nitrogens with one attached hydrogen (secondary N) is 1. The molecule has 2 aromatic carbocycles. The minimum Gasteiger partial charge on any atom is -0.490 e. The molecule has 1 aliphatic rings. The molecule has 0 radical (unpaired) electrons. The Morgan fingerprint density at radius 2 is 1.93 bits per heavy atom. The molecule has 1 heterocycles. The van der Waals surface area contributed by atoms with Crippen molar-refractivity contribution in [1.82, 2.24) is 10.2 Å². The predicted molar refractivity (Wildman–Crippen MR) is 124 cm³/mol.